The number of nitrogens with zero attached hydrogens (tertiary/aromatic N) is 6. The smallest absolute Gasteiger partial charge is 0.405 e. The minimum Gasteiger partial charge on any atom is -0.405 e. The minimum absolute atomic E-state index is 0.136. The Hall–Kier alpha value is -4.09. The molecule has 12 nitrogen and oxygen atoms in total. The molecular formula is C48H60B3BrN6O6. The van der Waals surface area contributed by atoms with Crippen LogP contribution in [0.1, 0.15) is 132 Å². The number of rotatable bonds is 4. The number of hydrogen-bond donors (Lipinski definition) is 0. The lowest BCUT2D eigenvalue weighted by atomic mass is 9.49. The van der Waals surface area contributed by atoms with Crippen molar-refractivity contribution in [1.82, 2.24) is 9.13 Å². The first-order valence-electron chi connectivity index (χ1n) is 22.3. The van der Waals surface area contributed by atoms with E-state index in [1.54, 1.807) is 0 Å². The number of nitriles is 2. The van der Waals surface area contributed by atoms with Gasteiger partial charge in [-0.1, -0.05) is 0 Å². The molecule has 5 aliphatic rings. The molecule has 3 aliphatic heterocycles. The monoisotopic (exact) mass is 928 g/mol. The van der Waals surface area contributed by atoms with Crippen molar-refractivity contribution >= 4 is 75.7 Å². The van der Waals surface area contributed by atoms with Crippen LogP contribution in [-0.2, 0) is 27.9 Å². The summed E-state index contributed by atoms with van der Waals surface area (Å²) in [6.45, 7) is 43.0. The van der Waals surface area contributed by atoms with E-state index in [1.807, 2.05) is 109 Å². The van der Waals surface area contributed by atoms with Gasteiger partial charge in [0, 0.05) is 50.8 Å². The van der Waals surface area contributed by atoms with Crippen molar-refractivity contribution in [2.45, 2.75) is 168 Å². The minimum atomic E-state index is -0.476. The second-order valence-electron chi connectivity index (χ2n) is 21.2. The molecule has 64 heavy (non-hydrogen) atoms. The van der Waals surface area contributed by atoms with E-state index in [0.717, 1.165) is 68.6 Å². The largest absolute Gasteiger partial charge is 0.496 e. The second-order valence-corrected chi connectivity index (χ2v) is 22.0. The molecule has 5 fully saturated rings. The van der Waals surface area contributed by atoms with Crippen LogP contribution in [-0.4, -0.2) is 63.9 Å². The number of hydrogen-bond acceptors (Lipinski definition) is 8. The normalized spacial score (nSPS) is 26.3. The van der Waals surface area contributed by atoms with E-state index in [0.29, 0.717) is 23.5 Å². The zero-order valence-electron chi connectivity index (χ0n) is 39.8. The van der Waals surface area contributed by atoms with E-state index < -0.39 is 32.3 Å². The zero-order chi connectivity index (χ0) is 47.1. The Kier molecular flexibility index (Phi) is 12.5. The van der Waals surface area contributed by atoms with Gasteiger partial charge in [0.1, 0.15) is 0 Å². The molecule has 0 spiro atoms. The van der Waals surface area contributed by atoms with Gasteiger partial charge >= 0.3 is 21.1 Å². The van der Waals surface area contributed by atoms with Gasteiger partial charge in [0.05, 0.1) is 70.7 Å². The second kappa shape index (κ2) is 16.7. The Morgan fingerprint density at radius 3 is 1.30 bits per heavy atom. The standard InChI is InChI=1S/C21H24BN3O2.C15H12BrN3.C12H24B2O4/c1-13-7-19-16(10-18(13)24-6)17(12-25(19)15-8-14(9-15)11-23)22-26-20(2,3)21(4,5)27-22;1-9-3-15-12(6-14(9)18-2)13(16)8-19(15)11-4-10(5-11)7-17;1-9(2)10(3,4)16-13(15-9)14-17-11(5,6)12(7,8)18-14/h7,10,12,14-15H,8-9H2,1-5H3;3,6,8,10-11H,4-5H2,1H3;1-8H3. The van der Waals surface area contributed by atoms with Gasteiger partial charge in [-0.05, 0) is 179 Å². The molecule has 16 heteroatoms. The molecule has 2 saturated carbocycles. The Morgan fingerprint density at radius 2 is 0.922 bits per heavy atom. The molecule has 3 saturated heterocycles. The molecule has 2 aromatic carbocycles. The van der Waals surface area contributed by atoms with E-state index in [4.69, 9.17) is 51.6 Å². The number of halogens is 1. The Balaban J connectivity index is 0.000000148. The summed E-state index contributed by atoms with van der Waals surface area (Å²) in [6, 6.07) is 13.5. The van der Waals surface area contributed by atoms with Gasteiger partial charge in [-0.3, -0.25) is 0 Å². The summed E-state index contributed by atoms with van der Waals surface area (Å²) < 4.78 is 41.9. The van der Waals surface area contributed by atoms with Crippen LogP contribution in [0.2, 0.25) is 0 Å². The Labute approximate surface area is 389 Å². The predicted molar refractivity (Wildman–Crippen MR) is 256 cm³/mol. The maximum atomic E-state index is 9.14. The van der Waals surface area contributed by atoms with E-state index in [9.17, 15) is 0 Å². The SMILES string of the molecule is CC1(C)OB(B2OC(C)(C)C(C)(C)O2)OC1(C)C.[C-]#[N+]c1cc2c(B3OC(C)(C)C(C)(C)O3)cn(C3CC(C#N)C3)c2cc1C.[C-]#[N+]c1cc2c(Br)cn(C3CC(C#N)C3)c2cc1C. The van der Waals surface area contributed by atoms with Crippen molar-refractivity contribution < 1.29 is 27.9 Å². The molecule has 0 bridgehead atoms. The summed E-state index contributed by atoms with van der Waals surface area (Å²) >= 11 is 3.57. The summed E-state index contributed by atoms with van der Waals surface area (Å²) in [4.78, 5) is 7.23. The fourth-order valence-corrected chi connectivity index (χ4v) is 9.14. The highest BCUT2D eigenvalue weighted by molar-refractivity contribution is 9.10. The van der Waals surface area contributed by atoms with Gasteiger partial charge in [0.2, 0.25) is 0 Å². The molecule has 0 radical (unpaired) electrons. The van der Waals surface area contributed by atoms with Gasteiger partial charge in [-0.25, -0.2) is 9.69 Å². The first kappa shape index (κ1) is 47.9. The van der Waals surface area contributed by atoms with Crippen LogP contribution in [0, 0.1) is 61.5 Å². The number of aromatic nitrogens is 2. The highest BCUT2D eigenvalue weighted by Gasteiger charge is 2.64. The molecule has 5 heterocycles. The fourth-order valence-electron chi connectivity index (χ4n) is 8.61. The highest BCUT2D eigenvalue weighted by Crippen LogP contribution is 2.45. The van der Waals surface area contributed by atoms with Crippen LogP contribution in [0.5, 0.6) is 0 Å². The predicted octanol–water partition coefficient (Wildman–Crippen LogP) is 11.3. The third-order valence-corrected chi connectivity index (χ3v) is 15.8. The van der Waals surface area contributed by atoms with Gasteiger partial charge in [-0.15, -0.1) is 0 Å². The maximum Gasteiger partial charge on any atom is 0.496 e. The number of fused-ring (bicyclic) bond motifs is 2. The molecule has 4 aromatic rings. The van der Waals surface area contributed by atoms with Crippen molar-refractivity contribution in [1.29, 1.82) is 10.5 Å². The first-order valence-corrected chi connectivity index (χ1v) is 23.0. The summed E-state index contributed by atoms with van der Waals surface area (Å²) in [5.74, 6) is 0.334. The maximum absolute atomic E-state index is 9.14. The van der Waals surface area contributed by atoms with Crippen LogP contribution >= 0.6 is 15.9 Å². The average Bonchev–Trinajstić information content (AvgIpc) is 3.87. The van der Waals surface area contributed by atoms with Crippen molar-refractivity contribution in [2.75, 3.05) is 0 Å². The van der Waals surface area contributed by atoms with Crippen molar-refractivity contribution in [3.05, 3.63) is 75.1 Å². The third kappa shape index (κ3) is 8.46. The quantitative estimate of drug-likeness (QED) is 0.146. The molecule has 0 unspecified atom stereocenters. The van der Waals surface area contributed by atoms with E-state index in [1.165, 1.54) is 0 Å². The molecular weight excluding hydrogens is 869 g/mol. The van der Waals surface area contributed by atoms with Gasteiger partial charge in [0.15, 0.2) is 11.4 Å². The molecule has 334 valence electrons. The summed E-state index contributed by atoms with van der Waals surface area (Å²) in [5.41, 5.74) is 4.27. The fraction of sp³-hybridized carbons (Fsp3) is 0.583. The van der Waals surface area contributed by atoms with Crippen LogP contribution in [0.4, 0.5) is 11.4 Å². The average molecular weight is 929 g/mol. The summed E-state index contributed by atoms with van der Waals surface area (Å²) in [5, 5.41) is 20.1. The molecule has 0 N–H and O–H groups in total. The Bertz CT molecular complexity index is 2570. The van der Waals surface area contributed by atoms with Gasteiger partial charge < -0.3 is 37.1 Å². The van der Waals surface area contributed by atoms with E-state index in [-0.39, 0.29) is 34.2 Å². The lowest BCUT2D eigenvalue weighted by molar-refractivity contribution is 0.00578. The van der Waals surface area contributed by atoms with Crippen LogP contribution in [0.25, 0.3) is 31.5 Å². The van der Waals surface area contributed by atoms with E-state index >= 15 is 0 Å². The van der Waals surface area contributed by atoms with Crippen LogP contribution in [0.15, 0.2) is 41.1 Å². The first-order chi connectivity index (χ1) is 29.7. The Morgan fingerprint density at radius 1 is 0.578 bits per heavy atom. The lowest BCUT2D eigenvalue weighted by Gasteiger charge is -2.32. The van der Waals surface area contributed by atoms with Crippen molar-refractivity contribution in [3.63, 3.8) is 0 Å². The topological polar surface area (TPSA) is 122 Å². The summed E-state index contributed by atoms with van der Waals surface area (Å²) in [6.07, 6.45) is 7.78. The molecule has 2 aliphatic carbocycles. The molecule has 9 rings (SSSR count). The third-order valence-electron chi connectivity index (χ3n) is 15.2. The number of benzene rings is 2. The van der Waals surface area contributed by atoms with Crippen molar-refractivity contribution in [3.8, 4) is 12.1 Å². The van der Waals surface area contributed by atoms with Crippen LogP contribution in [0.3, 0.4) is 0 Å². The lowest BCUT2D eigenvalue weighted by Crippen LogP contribution is -2.41. The molecule has 2 aromatic heterocycles. The van der Waals surface area contributed by atoms with E-state index in [2.05, 4.69) is 71.4 Å². The van der Waals surface area contributed by atoms with Gasteiger partial charge in [-0.2, -0.15) is 10.5 Å². The zero-order valence-corrected chi connectivity index (χ0v) is 41.4. The van der Waals surface area contributed by atoms with Crippen molar-refractivity contribution in [2.24, 2.45) is 11.8 Å². The number of aryl methyl sites for hydroxylation is 2. The highest BCUT2D eigenvalue weighted by atomic mass is 79.9. The summed E-state index contributed by atoms with van der Waals surface area (Å²) in [7, 11) is -1.42. The molecule has 0 atom stereocenters. The van der Waals surface area contributed by atoms with Crippen LogP contribution < -0.4 is 5.46 Å². The molecule has 0 amide bonds. The van der Waals surface area contributed by atoms with Gasteiger partial charge in [0.25, 0.3) is 0 Å².